The lowest BCUT2D eigenvalue weighted by molar-refractivity contribution is 0.0992. The van der Waals surface area contributed by atoms with Crippen LogP contribution >= 0.6 is 11.3 Å². The van der Waals surface area contributed by atoms with Gasteiger partial charge in [0.15, 0.2) is 11.5 Å². The third kappa shape index (κ3) is 3.36. The molecule has 0 aromatic carbocycles. The zero-order valence-electron chi connectivity index (χ0n) is 11.4. The number of rotatable bonds is 7. The van der Waals surface area contributed by atoms with Crippen molar-refractivity contribution in [2.45, 2.75) is 13.3 Å². The number of Topliss-reactive ketones (excluding diaryl/α,β-unsaturated/α-hetero) is 1. The van der Waals surface area contributed by atoms with Crippen LogP contribution < -0.4 is 15.8 Å². The molecule has 0 aliphatic rings. The Morgan fingerprint density at radius 3 is 2.67 bits per heavy atom. The maximum atomic E-state index is 11.7. The SMILES string of the molecule is CCC(=O)c1sc(NCCN(C)C)c(OC)c1N. The maximum absolute atomic E-state index is 11.7. The van der Waals surface area contributed by atoms with Crippen LogP contribution in [0.4, 0.5) is 10.7 Å². The van der Waals surface area contributed by atoms with E-state index in [-0.39, 0.29) is 5.78 Å². The molecular weight excluding hydrogens is 250 g/mol. The Balaban J connectivity index is 2.87. The molecule has 1 heterocycles. The minimum Gasteiger partial charge on any atom is -0.492 e. The quantitative estimate of drug-likeness (QED) is 0.741. The van der Waals surface area contributed by atoms with Crippen molar-refractivity contribution in [3.05, 3.63) is 4.88 Å². The average Bonchev–Trinajstić information content (AvgIpc) is 2.64. The van der Waals surface area contributed by atoms with Crippen LogP contribution in [0.2, 0.25) is 0 Å². The van der Waals surface area contributed by atoms with Gasteiger partial charge in [-0.25, -0.2) is 0 Å². The van der Waals surface area contributed by atoms with Crippen LogP contribution in [-0.4, -0.2) is 45.0 Å². The molecule has 0 bridgehead atoms. The first-order chi connectivity index (χ1) is 8.51. The molecule has 0 unspecified atom stereocenters. The Morgan fingerprint density at radius 1 is 1.50 bits per heavy atom. The Kier molecular flexibility index (Phi) is 5.43. The van der Waals surface area contributed by atoms with E-state index in [1.165, 1.54) is 11.3 Å². The van der Waals surface area contributed by atoms with E-state index in [1.807, 2.05) is 21.0 Å². The monoisotopic (exact) mass is 271 g/mol. The molecule has 0 amide bonds. The lowest BCUT2D eigenvalue weighted by Crippen LogP contribution is -2.20. The number of nitrogens with two attached hydrogens (primary N) is 1. The largest absolute Gasteiger partial charge is 0.492 e. The van der Waals surface area contributed by atoms with E-state index in [2.05, 4.69) is 10.2 Å². The second kappa shape index (κ2) is 6.61. The summed E-state index contributed by atoms with van der Waals surface area (Å²) in [7, 11) is 5.58. The normalized spacial score (nSPS) is 10.7. The fourth-order valence-corrected chi connectivity index (χ4v) is 2.63. The van der Waals surface area contributed by atoms with Crippen molar-refractivity contribution < 1.29 is 9.53 Å². The smallest absolute Gasteiger partial charge is 0.176 e. The summed E-state index contributed by atoms with van der Waals surface area (Å²) in [6, 6.07) is 0. The van der Waals surface area contributed by atoms with Crippen LogP contribution in [0, 0.1) is 0 Å². The first kappa shape index (κ1) is 14.8. The number of anilines is 2. The van der Waals surface area contributed by atoms with Crippen molar-refractivity contribution in [3.63, 3.8) is 0 Å². The van der Waals surface area contributed by atoms with E-state index in [0.29, 0.717) is 22.7 Å². The van der Waals surface area contributed by atoms with Gasteiger partial charge < -0.3 is 20.7 Å². The van der Waals surface area contributed by atoms with Crippen LogP contribution in [0.5, 0.6) is 5.75 Å². The van der Waals surface area contributed by atoms with Gasteiger partial charge in [0.05, 0.1) is 17.7 Å². The molecule has 6 heteroatoms. The van der Waals surface area contributed by atoms with E-state index < -0.39 is 0 Å². The standard InChI is InChI=1S/C12H21N3O2S/c1-5-8(16)11-9(13)10(17-4)12(18-11)14-6-7-15(2)3/h14H,5-7,13H2,1-4H3. The van der Waals surface area contributed by atoms with Crippen molar-refractivity contribution in [1.82, 2.24) is 4.90 Å². The van der Waals surface area contributed by atoms with Gasteiger partial charge in [-0.15, -0.1) is 11.3 Å². The zero-order chi connectivity index (χ0) is 13.7. The highest BCUT2D eigenvalue weighted by molar-refractivity contribution is 7.19. The topological polar surface area (TPSA) is 67.6 Å². The minimum atomic E-state index is 0.0523. The second-order valence-corrected chi connectivity index (χ2v) is 5.23. The highest BCUT2D eigenvalue weighted by Gasteiger charge is 2.20. The molecular formula is C12H21N3O2S. The maximum Gasteiger partial charge on any atom is 0.176 e. The third-order valence-corrected chi connectivity index (χ3v) is 3.71. The predicted molar refractivity (Wildman–Crippen MR) is 76.9 cm³/mol. The highest BCUT2D eigenvalue weighted by atomic mass is 32.1. The summed E-state index contributed by atoms with van der Waals surface area (Å²) in [4.78, 5) is 14.4. The second-order valence-electron chi connectivity index (χ2n) is 4.21. The number of hydrogen-bond acceptors (Lipinski definition) is 6. The van der Waals surface area contributed by atoms with Crippen molar-refractivity contribution in [3.8, 4) is 5.75 Å². The van der Waals surface area contributed by atoms with Crippen LogP contribution in [0.15, 0.2) is 0 Å². The molecule has 5 nitrogen and oxygen atoms in total. The molecule has 0 fully saturated rings. The van der Waals surface area contributed by atoms with Gasteiger partial charge in [-0.1, -0.05) is 6.92 Å². The first-order valence-electron chi connectivity index (χ1n) is 5.89. The number of nitrogens with one attached hydrogen (secondary N) is 1. The number of hydrogen-bond donors (Lipinski definition) is 2. The van der Waals surface area contributed by atoms with Crippen molar-refractivity contribution in [1.29, 1.82) is 0 Å². The average molecular weight is 271 g/mol. The molecule has 0 radical (unpaired) electrons. The van der Waals surface area contributed by atoms with Crippen molar-refractivity contribution >= 4 is 27.8 Å². The zero-order valence-corrected chi connectivity index (χ0v) is 12.2. The molecule has 0 saturated heterocycles. The van der Waals surface area contributed by atoms with Gasteiger partial charge in [0, 0.05) is 19.5 Å². The summed E-state index contributed by atoms with van der Waals surface area (Å²) in [5, 5.41) is 4.08. The summed E-state index contributed by atoms with van der Waals surface area (Å²) in [5.74, 6) is 0.631. The van der Waals surface area contributed by atoms with Crippen LogP contribution in [0.25, 0.3) is 0 Å². The number of thiophene rings is 1. The van der Waals surface area contributed by atoms with E-state index in [1.54, 1.807) is 7.11 Å². The summed E-state index contributed by atoms with van der Waals surface area (Å²) >= 11 is 1.37. The Hall–Kier alpha value is -1.27. The van der Waals surface area contributed by atoms with E-state index in [0.717, 1.165) is 18.1 Å². The first-order valence-corrected chi connectivity index (χ1v) is 6.70. The van der Waals surface area contributed by atoms with Gasteiger partial charge in [0.1, 0.15) is 5.00 Å². The molecule has 3 N–H and O–H groups in total. The number of nitrogen functional groups attached to an aromatic ring is 1. The van der Waals surface area contributed by atoms with Gasteiger partial charge in [0.2, 0.25) is 0 Å². The summed E-state index contributed by atoms with van der Waals surface area (Å²) in [6.45, 7) is 3.51. The molecule has 0 atom stereocenters. The molecule has 1 aromatic heterocycles. The van der Waals surface area contributed by atoms with Crippen LogP contribution in [0.3, 0.4) is 0 Å². The molecule has 18 heavy (non-hydrogen) atoms. The van der Waals surface area contributed by atoms with Gasteiger partial charge >= 0.3 is 0 Å². The number of nitrogens with zero attached hydrogens (tertiary/aromatic N) is 1. The van der Waals surface area contributed by atoms with Crippen LogP contribution in [-0.2, 0) is 0 Å². The Morgan fingerprint density at radius 2 is 2.17 bits per heavy atom. The summed E-state index contributed by atoms with van der Waals surface area (Å²) in [5.41, 5.74) is 6.38. The van der Waals surface area contributed by atoms with E-state index >= 15 is 0 Å². The Labute approximate surface area is 112 Å². The van der Waals surface area contributed by atoms with Gasteiger partial charge in [-0.2, -0.15) is 0 Å². The number of methoxy groups -OCH3 is 1. The fraction of sp³-hybridized carbons (Fsp3) is 0.583. The molecule has 1 aromatic rings. The minimum absolute atomic E-state index is 0.0523. The number of ketones is 1. The fourth-order valence-electron chi connectivity index (χ4n) is 1.51. The van der Waals surface area contributed by atoms with E-state index in [4.69, 9.17) is 10.5 Å². The Bertz CT molecular complexity index is 416. The lowest BCUT2D eigenvalue weighted by atomic mass is 10.2. The highest BCUT2D eigenvalue weighted by Crippen LogP contribution is 2.42. The number of likely N-dealkylation sites (N-methyl/N-ethyl adjacent to an activating group) is 1. The number of carbonyl (C=O) groups excluding carboxylic acids is 1. The summed E-state index contributed by atoms with van der Waals surface area (Å²) < 4.78 is 5.27. The van der Waals surface area contributed by atoms with Gasteiger partial charge in [-0.05, 0) is 14.1 Å². The molecule has 0 spiro atoms. The lowest BCUT2D eigenvalue weighted by Gasteiger charge is -2.11. The molecule has 0 aliphatic carbocycles. The number of ether oxygens (including phenoxy) is 1. The molecule has 0 aliphatic heterocycles. The molecule has 102 valence electrons. The van der Waals surface area contributed by atoms with Gasteiger partial charge in [0.25, 0.3) is 0 Å². The summed E-state index contributed by atoms with van der Waals surface area (Å²) in [6.07, 6.45) is 0.449. The number of carbonyl (C=O) groups is 1. The predicted octanol–water partition coefficient (Wildman–Crippen LogP) is 1.91. The van der Waals surface area contributed by atoms with Crippen molar-refractivity contribution in [2.24, 2.45) is 0 Å². The molecule has 1 rings (SSSR count). The van der Waals surface area contributed by atoms with Gasteiger partial charge in [-0.3, -0.25) is 4.79 Å². The van der Waals surface area contributed by atoms with Crippen molar-refractivity contribution in [2.75, 3.05) is 45.3 Å². The van der Waals surface area contributed by atoms with E-state index in [9.17, 15) is 4.79 Å². The van der Waals surface area contributed by atoms with Crippen LogP contribution in [0.1, 0.15) is 23.0 Å². The third-order valence-electron chi connectivity index (χ3n) is 2.52. The molecule has 0 saturated carbocycles.